The lowest BCUT2D eigenvalue weighted by atomic mass is 10.0. The largest absolute Gasteiger partial charge is 0.481 e. The van der Waals surface area contributed by atoms with Gasteiger partial charge in [0.2, 0.25) is 0 Å². The molecule has 336 valence electrons. The van der Waals surface area contributed by atoms with E-state index in [0.29, 0.717) is 24.7 Å². The average molecular weight is 870 g/mol. The lowest BCUT2D eigenvalue weighted by molar-refractivity contribution is -0.161. The van der Waals surface area contributed by atoms with E-state index in [0.717, 1.165) is 62.1 Å². The zero-order valence-corrected chi connectivity index (χ0v) is 36.5. The molecule has 0 saturated carbocycles. The molecule has 0 aromatic carbocycles. The number of aliphatic hydroxyl groups excluding tert-OH is 2. The fraction of sp³-hybridized carbons (Fsp3) is 0.842. The highest BCUT2D eigenvalue weighted by Gasteiger charge is 2.46. The fourth-order valence-electron chi connectivity index (χ4n) is 6.27. The van der Waals surface area contributed by atoms with Crippen molar-refractivity contribution in [2.45, 2.75) is 174 Å². The summed E-state index contributed by atoms with van der Waals surface area (Å²) in [5, 5.41) is 20.8. The third kappa shape index (κ3) is 22.4. The summed E-state index contributed by atoms with van der Waals surface area (Å²) >= 11 is 0. The Balaban J connectivity index is 1.87. The van der Waals surface area contributed by atoms with Crippen LogP contribution < -0.4 is 11.4 Å². The summed E-state index contributed by atoms with van der Waals surface area (Å²) in [6.45, 7) is 6.55. The molecule has 2 rings (SSSR count). The van der Waals surface area contributed by atoms with Crippen molar-refractivity contribution in [3.63, 3.8) is 0 Å². The van der Waals surface area contributed by atoms with Gasteiger partial charge in [0, 0.05) is 19.0 Å². The van der Waals surface area contributed by atoms with Crippen LogP contribution >= 0.6 is 15.6 Å². The van der Waals surface area contributed by atoms with Gasteiger partial charge in [0.25, 0.3) is 0 Å². The number of hydrogen-bond donors (Lipinski definition) is 5. The number of unbranched alkanes of at least 4 members (excludes halogenated alkanes) is 12. The van der Waals surface area contributed by atoms with Gasteiger partial charge >= 0.3 is 33.3 Å². The van der Waals surface area contributed by atoms with Gasteiger partial charge in [-0.1, -0.05) is 118 Å². The molecule has 7 atom stereocenters. The highest BCUT2D eigenvalue weighted by Crippen LogP contribution is 2.60. The number of nitrogen functional groups attached to an aromatic ring is 1. The summed E-state index contributed by atoms with van der Waals surface area (Å²) in [4.78, 5) is 61.4. The molecule has 0 spiro atoms. The van der Waals surface area contributed by atoms with Crippen LogP contribution in [0.1, 0.15) is 149 Å². The minimum atomic E-state index is -5.41. The molecule has 1 aromatic heterocycles. The number of phosphoric ester groups is 2. The maximum atomic E-state index is 12.7. The van der Waals surface area contributed by atoms with Crippen LogP contribution in [0, 0.1) is 11.8 Å². The lowest BCUT2D eigenvalue weighted by Crippen LogP contribution is -2.36. The Morgan fingerprint density at radius 3 is 1.81 bits per heavy atom. The van der Waals surface area contributed by atoms with Crippen LogP contribution in [0.5, 0.6) is 0 Å². The monoisotopic (exact) mass is 869 g/mol. The number of ether oxygens (including phenoxy) is 3. The Bertz CT molecular complexity index is 1500. The molecule has 6 N–H and O–H groups in total. The second kappa shape index (κ2) is 27.6. The van der Waals surface area contributed by atoms with E-state index in [1.807, 2.05) is 0 Å². The van der Waals surface area contributed by atoms with Gasteiger partial charge in [-0.05, 0) is 30.7 Å². The number of phosphoric acid groups is 2. The van der Waals surface area contributed by atoms with Crippen LogP contribution in [-0.2, 0) is 46.3 Å². The number of aromatic nitrogens is 2. The Morgan fingerprint density at radius 1 is 0.776 bits per heavy atom. The molecule has 2 heterocycles. The molecule has 18 nitrogen and oxygen atoms in total. The Labute approximate surface area is 342 Å². The number of nitrogens with zero attached hydrogens (tertiary/aromatic N) is 2. The average Bonchev–Trinajstić information content (AvgIpc) is 3.41. The second-order valence-electron chi connectivity index (χ2n) is 15.8. The third-order valence-electron chi connectivity index (χ3n) is 9.55. The molecule has 1 aliphatic heterocycles. The molecule has 1 aromatic rings. The predicted molar refractivity (Wildman–Crippen MR) is 215 cm³/mol. The van der Waals surface area contributed by atoms with Gasteiger partial charge in [-0.25, -0.2) is 13.9 Å². The predicted octanol–water partition coefficient (Wildman–Crippen LogP) is 6.48. The van der Waals surface area contributed by atoms with Crippen molar-refractivity contribution in [2.75, 3.05) is 25.6 Å². The minimum absolute atomic E-state index is 0.0527. The zero-order chi connectivity index (χ0) is 43.1. The van der Waals surface area contributed by atoms with Gasteiger partial charge in [-0.2, -0.15) is 9.29 Å². The SMILES string of the molecule is CC(C)CCCCCCCCCCC(=O)O[C@H](COC(=O)CCCCCCCCC(C)C)COP(=O)(O)OP(=O)(O)OC[C@H]1O[C@@H](n2ccc(N)nc2=O)C(O)[C@H]1O. The molecule has 1 fully saturated rings. The molecule has 1 aliphatic rings. The second-order valence-corrected chi connectivity index (χ2v) is 18.9. The summed E-state index contributed by atoms with van der Waals surface area (Å²) in [6, 6.07) is 1.24. The van der Waals surface area contributed by atoms with Crippen molar-refractivity contribution >= 4 is 33.4 Å². The van der Waals surface area contributed by atoms with Crippen molar-refractivity contribution in [1.82, 2.24) is 9.55 Å². The Morgan fingerprint density at radius 2 is 1.28 bits per heavy atom. The van der Waals surface area contributed by atoms with E-state index in [-0.39, 0.29) is 18.7 Å². The standard InChI is InChI=1S/C38H69N3O15P2/c1-28(2)19-15-11-7-5-6-8-14-18-22-34(43)54-30(25-51-33(42)21-17-13-10-9-12-16-20-29(3)4)26-52-57(47,48)56-58(49,50)53-27-31-35(44)36(45)37(55-31)41-24-23-32(39)40-38(41)46/h23-24,28-31,35-37,44-45H,5-22,25-27H2,1-4H3,(H,47,48)(H,49,50)(H2,39,40,46)/t30-,31-,35+,36?,37-/m1/s1. The van der Waals surface area contributed by atoms with Crippen LogP contribution in [0.2, 0.25) is 0 Å². The maximum Gasteiger partial charge on any atom is 0.481 e. The first-order valence-electron chi connectivity index (χ1n) is 20.8. The first-order valence-corrected chi connectivity index (χ1v) is 23.8. The van der Waals surface area contributed by atoms with E-state index in [1.165, 1.54) is 44.6 Å². The van der Waals surface area contributed by atoms with Crippen LogP contribution in [0.4, 0.5) is 5.82 Å². The van der Waals surface area contributed by atoms with E-state index >= 15 is 0 Å². The quantitative estimate of drug-likeness (QED) is 0.0294. The Kier molecular flexibility index (Phi) is 24.7. The summed E-state index contributed by atoms with van der Waals surface area (Å²) in [7, 11) is -10.8. The summed E-state index contributed by atoms with van der Waals surface area (Å²) in [6.07, 6.45) is 9.98. The molecule has 58 heavy (non-hydrogen) atoms. The topological polar surface area (TPSA) is 265 Å². The van der Waals surface area contributed by atoms with Crippen molar-refractivity contribution in [2.24, 2.45) is 11.8 Å². The van der Waals surface area contributed by atoms with Gasteiger partial charge in [0.05, 0.1) is 13.2 Å². The number of rotatable bonds is 32. The van der Waals surface area contributed by atoms with Gasteiger partial charge in [-0.15, -0.1) is 0 Å². The highest BCUT2D eigenvalue weighted by atomic mass is 31.3. The molecule has 0 aliphatic carbocycles. The molecule has 1 saturated heterocycles. The van der Waals surface area contributed by atoms with Gasteiger partial charge in [-0.3, -0.25) is 23.2 Å². The smallest absolute Gasteiger partial charge is 0.462 e. The number of hydrogen-bond acceptors (Lipinski definition) is 15. The van der Waals surface area contributed by atoms with Crippen LogP contribution in [0.25, 0.3) is 0 Å². The number of esters is 2. The molecular weight excluding hydrogens is 800 g/mol. The van der Waals surface area contributed by atoms with Crippen molar-refractivity contribution in [3.8, 4) is 0 Å². The first-order chi connectivity index (χ1) is 27.4. The van der Waals surface area contributed by atoms with Crippen LogP contribution in [0.3, 0.4) is 0 Å². The van der Waals surface area contributed by atoms with E-state index in [4.69, 9.17) is 29.0 Å². The number of aliphatic hydroxyl groups is 2. The number of anilines is 1. The Hall–Kier alpha value is -2.24. The molecule has 0 radical (unpaired) electrons. The van der Waals surface area contributed by atoms with Crippen LogP contribution in [0.15, 0.2) is 17.1 Å². The summed E-state index contributed by atoms with van der Waals surface area (Å²) in [5.41, 5.74) is 4.57. The molecule has 3 unspecified atom stereocenters. The maximum absolute atomic E-state index is 12.7. The van der Waals surface area contributed by atoms with E-state index < -0.39 is 83.7 Å². The highest BCUT2D eigenvalue weighted by molar-refractivity contribution is 7.61. The lowest BCUT2D eigenvalue weighted by Gasteiger charge is -2.21. The van der Waals surface area contributed by atoms with Crippen molar-refractivity contribution in [3.05, 3.63) is 22.7 Å². The normalized spacial score (nSPS) is 20.9. The number of carbonyl (C=O) groups is 2. The number of carbonyl (C=O) groups excluding carboxylic acids is 2. The van der Waals surface area contributed by atoms with Crippen LogP contribution in [-0.4, -0.2) is 85.7 Å². The summed E-state index contributed by atoms with van der Waals surface area (Å²) < 4.78 is 56.3. The van der Waals surface area contributed by atoms with Crippen molar-refractivity contribution in [1.29, 1.82) is 0 Å². The first kappa shape index (κ1) is 51.9. The van der Waals surface area contributed by atoms with E-state index in [2.05, 4.69) is 37.0 Å². The third-order valence-corrected chi connectivity index (χ3v) is 12.1. The van der Waals surface area contributed by atoms with Gasteiger partial charge in [0.15, 0.2) is 12.3 Å². The molecule has 0 bridgehead atoms. The van der Waals surface area contributed by atoms with Crippen molar-refractivity contribution < 1.29 is 66.3 Å². The fourth-order valence-corrected chi connectivity index (χ4v) is 8.38. The molecular formula is C38H69N3O15P2. The summed E-state index contributed by atoms with van der Waals surface area (Å²) in [5.74, 6) is 0.0897. The molecule has 0 amide bonds. The zero-order valence-electron chi connectivity index (χ0n) is 34.7. The van der Waals surface area contributed by atoms with E-state index in [9.17, 15) is 43.5 Å². The number of nitrogens with two attached hydrogens (primary N) is 1. The van der Waals surface area contributed by atoms with Gasteiger partial charge in [0.1, 0.15) is 30.7 Å². The molecule has 20 heteroatoms. The van der Waals surface area contributed by atoms with E-state index in [1.54, 1.807) is 0 Å². The van der Waals surface area contributed by atoms with Gasteiger partial charge < -0.3 is 39.9 Å². The minimum Gasteiger partial charge on any atom is -0.462 e.